The van der Waals surface area contributed by atoms with Crippen molar-refractivity contribution >= 4 is 46.9 Å². The molecule has 1 aliphatic heterocycles. The third kappa shape index (κ3) is 4.34. The zero-order valence-electron chi connectivity index (χ0n) is 18.1. The van der Waals surface area contributed by atoms with Gasteiger partial charge >= 0.3 is 11.9 Å². The van der Waals surface area contributed by atoms with Gasteiger partial charge in [-0.3, -0.25) is 9.59 Å². The number of carboxylic acids is 2. The number of hydrogen-bond acceptors (Lipinski definition) is 5. The van der Waals surface area contributed by atoms with Gasteiger partial charge in [-0.25, -0.2) is 9.37 Å². The van der Waals surface area contributed by atoms with E-state index < -0.39 is 47.4 Å². The van der Waals surface area contributed by atoms with Crippen molar-refractivity contribution in [2.45, 2.75) is 43.3 Å². The highest BCUT2D eigenvalue weighted by molar-refractivity contribution is 7.99. The lowest BCUT2D eigenvalue weighted by Crippen LogP contribution is -2.71. The second kappa shape index (κ2) is 10.2. The van der Waals surface area contributed by atoms with Crippen LogP contribution in [0.15, 0.2) is 47.6 Å². The lowest BCUT2D eigenvalue weighted by Gasteiger charge is -2.57. The largest absolute Gasteiger partial charge is 0.481 e. The maximum Gasteiger partial charge on any atom is 0.311 e. The van der Waals surface area contributed by atoms with E-state index in [1.807, 2.05) is 6.07 Å². The SMILES string of the molecule is CCC1(C(=O)O)C(CSc2ccccn2)NC(CF)C(C)(C(=O)O)C1c1cccc(Cl)c1Cl. The number of carbonyl (C=O) groups is 2. The first-order valence-electron chi connectivity index (χ1n) is 10.4. The Morgan fingerprint density at radius 1 is 1.15 bits per heavy atom. The molecule has 2 aromatic rings. The van der Waals surface area contributed by atoms with Gasteiger partial charge in [0.2, 0.25) is 0 Å². The number of piperidine rings is 1. The molecule has 3 N–H and O–H groups in total. The molecule has 2 heterocycles. The summed E-state index contributed by atoms with van der Waals surface area (Å²) in [7, 11) is 0. The minimum atomic E-state index is -1.82. The van der Waals surface area contributed by atoms with Gasteiger partial charge in [-0.2, -0.15) is 0 Å². The molecule has 3 rings (SSSR count). The number of rotatable bonds is 8. The van der Waals surface area contributed by atoms with E-state index in [0.29, 0.717) is 5.03 Å². The Bertz CT molecular complexity index is 1030. The van der Waals surface area contributed by atoms with Crippen LogP contribution in [0.3, 0.4) is 0 Å². The van der Waals surface area contributed by atoms with Crippen LogP contribution in [0.2, 0.25) is 10.0 Å². The van der Waals surface area contributed by atoms with Crippen LogP contribution in [-0.4, -0.2) is 51.6 Å². The number of benzene rings is 1. The fourth-order valence-corrected chi connectivity index (χ4v) is 6.45. The predicted molar refractivity (Wildman–Crippen MR) is 127 cm³/mol. The lowest BCUT2D eigenvalue weighted by atomic mass is 9.51. The minimum Gasteiger partial charge on any atom is -0.481 e. The van der Waals surface area contributed by atoms with E-state index in [4.69, 9.17) is 23.2 Å². The summed E-state index contributed by atoms with van der Waals surface area (Å²) >= 11 is 14.1. The first-order chi connectivity index (χ1) is 15.6. The quantitative estimate of drug-likeness (QED) is 0.419. The molecule has 1 fully saturated rings. The summed E-state index contributed by atoms with van der Waals surface area (Å²) in [5.74, 6) is -3.42. The zero-order chi connectivity index (χ0) is 24.4. The Hall–Kier alpha value is -1.87. The standard InChI is InChI=1S/C23H25Cl2FN2O4S/c1-3-23(21(31)32)16(12-33-17-9-4-5-10-27-17)28-15(11-26)22(2,20(29)30)19(23)13-7-6-8-14(24)18(13)25/h4-10,15-16,19,28H,3,11-12H2,1-2H3,(H,29,30)(H,31,32). The molecule has 0 bridgehead atoms. The van der Waals surface area contributed by atoms with Crippen molar-refractivity contribution in [1.82, 2.24) is 10.3 Å². The monoisotopic (exact) mass is 514 g/mol. The van der Waals surface area contributed by atoms with Gasteiger partial charge in [-0.1, -0.05) is 48.3 Å². The van der Waals surface area contributed by atoms with E-state index in [1.54, 1.807) is 43.5 Å². The van der Waals surface area contributed by atoms with Crippen LogP contribution in [-0.2, 0) is 9.59 Å². The molecular weight excluding hydrogens is 490 g/mol. The molecule has 33 heavy (non-hydrogen) atoms. The number of nitrogens with one attached hydrogen (secondary N) is 1. The molecule has 5 atom stereocenters. The van der Waals surface area contributed by atoms with Crippen molar-refractivity contribution in [3.63, 3.8) is 0 Å². The van der Waals surface area contributed by atoms with E-state index in [1.165, 1.54) is 18.7 Å². The molecule has 0 radical (unpaired) electrons. The Labute approximate surface area is 205 Å². The van der Waals surface area contributed by atoms with Gasteiger partial charge in [0.1, 0.15) is 6.67 Å². The number of aliphatic carboxylic acids is 2. The maximum atomic E-state index is 14.3. The molecule has 178 valence electrons. The van der Waals surface area contributed by atoms with E-state index in [9.17, 15) is 24.2 Å². The molecule has 6 nitrogen and oxygen atoms in total. The third-order valence-corrected chi connectivity index (χ3v) is 8.66. The minimum absolute atomic E-state index is 0.0753. The molecule has 0 spiro atoms. The molecule has 0 aliphatic carbocycles. The summed E-state index contributed by atoms with van der Waals surface area (Å²) in [5.41, 5.74) is -3.15. The number of alkyl halides is 1. The predicted octanol–water partition coefficient (Wildman–Crippen LogP) is 5.15. The fraction of sp³-hybridized carbons (Fsp3) is 0.435. The molecule has 1 aliphatic rings. The number of pyridine rings is 1. The Balaban J connectivity index is 2.24. The molecule has 5 unspecified atom stereocenters. The van der Waals surface area contributed by atoms with Crippen molar-refractivity contribution in [3.8, 4) is 0 Å². The second-order valence-corrected chi connectivity index (χ2v) is 10.1. The van der Waals surface area contributed by atoms with Crippen LogP contribution in [0, 0.1) is 10.8 Å². The Morgan fingerprint density at radius 3 is 2.42 bits per heavy atom. The van der Waals surface area contributed by atoms with Crippen LogP contribution >= 0.6 is 35.0 Å². The van der Waals surface area contributed by atoms with Gasteiger partial charge in [0, 0.05) is 23.9 Å². The van der Waals surface area contributed by atoms with Crippen molar-refractivity contribution in [2.24, 2.45) is 10.8 Å². The molecule has 1 aromatic carbocycles. The highest BCUT2D eigenvalue weighted by Crippen LogP contribution is 2.59. The van der Waals surface area contributed by atoms with Crippen LogP contribution in [0.4, 0.5) is 4.39 Å². The van der Waals surface area contributed by atoms with Crippen molar-refractivity contribution < 1.29 is 24.2 Å². The average molecular weight is 515 g/mol. The van der Waals surface area contributed by atoms with Gasteiger partial charge in [-0.15, -0.1) is 11.8 Å². The van der Waals surface area contributed by atoms with E-state index >= 15 is 0 Å². The van der Waals surface area contributed by atoms with Gasteiger partial charge in [0.15, 0.2) is 0 Å². The summed E-state index contributed by atoms with van der Waals surface area (Å²) in [5, 5.41) is 24.9. The topological polar surface area (TPSA) is 99.5 Å². The summed E-state index contributed by atoms with van der Waals surface area (Å²) in [4.78, 5) is 29.9. The number of halogens is 3. The number of carboxylic acid groups (broad SMARTS) is 2. The highest BCUT2D eigenvalue weighted by Gasteiger charge is 2.66. The third-order valence-electron chi connectivity index (χ3n) is 6.79. The smallest absolute Gasteiger partial charge is 0.311 e. The summed E-state index contributed by atoms with van der Waals surface area (Å²) in [6.45, 7) is 2.07. The Morgan fingerprint density at radius 2 is 1.88 bits per heavy atom. The fourth-order valence-electron chi connectivity index (χ4n) is 5.00. The molecule has 1 aromatic heterocycles. The molecule has 1 saturated heterocycles. The average Bonchev–Trinajstić information content (AvgIpc) is 2.80. The first-order valence-corrected chi connectivity index (χ1v) is 12.1. The van der Waals surface area contributed by atoms with Crippen LogP contribution in [0.5, 0.6) is 0 Å². The summed E-state index contributed by atoms with van der Waals surface area (Å²) < 4.78 is 14.3. The number of thioether (sulfide) groups is 1. The molecular formula is C23H25Cl2FN2O4S. The molecule has 10 heteroatoms. The van der Waals surface area contributed by atoms with E-state index in [2.05, 4.69) is 10.3 Å². The maximum absolute atomic E-state index is 14.3. The molecule has 0 saturated carbocycles. The second-order valence-electron chi connectivity index (χ2n) is 8.27. The first kappa shape index (κ1) is 25.7. The van der Waals surface area contributed by atoms with Gasteiger partial charge in [0.05, 0.1) is 31.9 Å². The number of nitrogens with zero attached hydrogens (tertiary/aromatic N) is 1. The highest BCUT2D eigenvalue weighted by atomic mass is 35.5. The summed E-state index contributed by atoms with van der Waals surface area (Å²) in [6, 6.07) is 8.17. The van der Waals surface area contributed by atoms with Crippen LogP contribution in [0.1, 0.15) is 31.7 Å². The van der Waals surface area contributed by atoms with Gasteiger partial charge in [0.25, 0.3) is 0 Å². The normalized spacial score (nSPS) is 29.5. The van der Waals surface area contributed by atoms with E-state index in [-0.39, 0.29) is 27.8 Å². The van der Waals surface area contributed by atoms with E-state index in [0.717, 1.165) is 0 Å². The summed E-state index contributed by atoms with van der Waals surface area (Å²) in [6.07, 6.45) is 1.71. The lowest BCUT2D eigenvalue weighted by molar-refractivity contribution is -0.172. The zero-order valence-corrected chi connectivity index (χ0v) is 20.4. The van der Waals surface area contributed by atoms with Crippen molar-refractivity contribution in [3.05, 3.63) is 58.2 Å². The van der Waals surface area contributed by atoms with Gasteiger partial charge < -0.3 is 15.5 Å². The Kier molecular flexibility index (Phi) is 7.94. The number of hydrogen-bond donors (Lipinski definition) is 3. The van der Waals surface area contributed by atoms with Crippen molar-refractivity contribution in [2.75, 3.05) is 12.4 Å². The van der Waals surface area contributed by atoms with Crippen LogP contribution in [0.25, 0.3) is 0 Å². The van der Waals surface area contributed by atoms with Crippen LogP contribution < -0.4 is 5.32 Å². The molecule has 0 amide bonds. The van der Waals surface area contributed by atoms with Gasteiger partial charge in [-0.05, 0) is 37.1 Å². The number of aromatic nitrogens is 1. The van der Waals surface area contributed by atoms with Crippen molar-refractivity contribution in [1.29, 1.82) is 0 Å².